The van der Waals surface area contributed by atoms with Crippen molar-refractivity contribution in [3.63, 3.8) is 0 Å². The second kappa shape index (κ2) is 4.71. The van der Waals surface area contributed by atoms with Gasteiger partial charge in [0.05, 0.1) is 5.57 Å². The molecule has 3 N–H and O–H groups in total. The van der Waals surface area contributed by atoms with E-state index in [0.717, 1.165) is 6.08 Å². The summed E-state index contributed by atoms with van der Waals surface area (Å²) >= 11 is 0. The van der Waals surface area contributed by atoms with Gasteiger partial charge in [0.2, 0.25) is 0 Å². The Labute approximate surface area is 85.1 Å². The SMILES string of the molecule is C=CC/C(C(=O)O)=C(/C(=O)O)S(=O)(=O)O. The number of rotatable bonds is 5. The molecule has 0 unspecified atom stereocenters. The molecule has 0 radical (unpaired) electrons. The molecule has 0 aliphatic rings. The third-order valence-corrected chi connectivity index (χ3v) is 2.27. The molecule has 7 nitrogen and oxygen atoms in total. The monoisotopic (exact) mass is 236 g/mol. The molecule has 0 aliphatic carbocycles. The number of aliphatic carboxylic acids is 2. The van der Waals surface area contributed by atoms with E-state index >= 15 is 0 Å². The predicted octanol–water partition coefficient (Wildman–Crippen LogP) is -0.126. The van der Waals surface area contributed by atoms with Crippen LogP contribution in [0.25, 0.3) is 0 Å². The van der Waals surface area contributed by atoms with Crippen LogP contribution in [0.15, 0.2) is 23.1 Å². The Hall–Kier alpha value is -1.67. The molecule has 0 aromatic carbocycles. The van der Waals surface area contributed by atoms with E-state index in [0.29, 0.717) is 0 Å². The Balaban J connectivity index is 5.91. The van der Waals surface area contributed by atoms with Crippen LogP contribution in [0.2, 0.25) is 0 Å². The molecule has 0 bridgehead atoms. The van der Waals surface area contributed by atoms with Crippen molar-refractivity contribution < 1.29 is 32.8 Å². The van der Waals surface area contributed by atoms with E-state index in [1.165, 1.54) is 0 Å². The quantitative estimate of drug-likeness (QED) is 0.344. The highest BCUT2D eigenvalue weighted by Gasteiger charge is 2.29. The molecular formula is C7H8O7S. The number of carbonyl (C=O) groups is 2. The standard InChI is InChI=1S/C7H8O7S/c1-2-3-4(6(8)9)5(7(10)11)15(12,13)14/h2H,1,3H2,(H,8,9)(H,10,11)(H,12,13,14)/b5-4+. The molecule has 84 valence electrons. The largest absolute Gasteiger partial charge is 0.478 e. The van der Waals surface area contributed by atoms with Crippen LogP contribution in [0.5, 0.6) is 0 Å². The van der Waals surface area contributed by atoms with Crippen LogP contribution in [0.4, 0.5) is 0 Å². The average molecular weight is 236 g/mol. The maximum Gasteiger partial charge on any atom is 0.350 e. The van der Waals surface area contributed by atoms with Gasteiger partial charge in [-0.1, -0.05) is 6.08 Å². The Morgan fingerprint density at radius 2 is 1.67 bits per heavy atom. The molecule has 0 saturated carbocycles. The fourth-order valence-corrected chi connectivity index (χ4v) is 1.52. The first-order chi connectivity index (χ1) is 6.71. The first-order valence-corrected chi connectivity index (χ1v) is 4.94. The topological polar surface area (TPSA) is 129 Å². The van der Waals surface area contributed by atoms with Crippen LogP contribution in [0.1, 0.15) is 6.42 Å². The summed E-state index contributed by atoms with van der Waals surface area (Å²) in [4.78, 5) is 19.5. The maximum atomic E-state index is 10.6. The minimum atomic E-state index is -5.08. The van der Waals surface area contributed by atoms with Gasteiger partial charge in [0.1, 0.15) is 0 Å². The lowest BCUT2D eigenvalue weighted by molar-refractivity contribution is -0.135. The summed E-state index contributed by atoms with van der Waals surface area (Å²) in [5.41, 5.74) is -0.944. The summed E-state index contributed by atoms with van der Waals surface area (Å²) < 4.78 is 29.8. The molecule has 0 aromatic rings. The van der Waals surface area contributed by atoms with Crippen LogP contribution in [-0.4, -0.2) is 35.1 Å². The summed E-state index contributed by atoms with van der Waals surface area (Å²) in [6.07, 6.45) is 0.522. The Kier molecular flexibility index (Phi) is 4.19. The van der Waals surface area contributed by atoms with Gasteiger partial charge >= 0.3 is 22.1 Å². The van der Waals surface area contributed by atoms with Gasteiger partial charge in [-0.2, -0.15) is 8.42 Å². The fraction of sp³-hybridized carbons (Fsp3) is 0.143. The molecule has 0 amide bonds. The van der Waals surface area contributed by atoms with Crippen molar-refractivity contribution in [3.8, 4) is 0 Å². The molecule has 0 heterocycles. The van der Waals surface area contributed by atoms with E-state index in [-0.39, 0.29) is 0 Å². The average Bonchev–Trinajstić information content (AvgIpc) is 1.99. The molecule has 0 aromatic heterocycles. The zero-order valence-corrected chi connectivity index (χ0v) is 8.19. The fourth-order valence-electron chi connectivity index (χ4n) is 0.817. The van der Waals surface area contributed by atoms with E-state index in [2.05, 4.69) is 6.58 Å². The highest BCUT2D eigenvalue weighted by atomic mass is 32.2. The zero-order valence-electron chi connectivity index (χ0n) is 7.37. The van der Waals surface area contributed by atoms with Gasteiger partial charge in [-0.05, 0) is 6.42 Å². The van der Waals surface area contributed by atoms with Crippen LogP contribution in [-0.2, 0) is 19.7 Å². The molecule has 8 heteroatoms. The van der Waals surface area contributed by atoms with Gasteiger partial charge in [0.25, 0.3) is 0 Å². The second-order valence-corrected chi connectivity index (χ2v) is 3.74. The van der Waals surface area contributed by atoms with Crippen molar-refractivity contribution >= 4 is 22.1 Å². The maximum absolute atomic E-state index is 10.6. The lowest BCUT2D eigenvalue weighted by Gasteiger charge is -2.03. The predicted molar refractivity (Wildman–Crippen MR) is 48.7 cm³/mol. The summed E-state index contributed by atoms with van der Waals surface area (Å²) in [6, 6.07) is 0. The van der Waals surface area contributed by atoms with Crippen LogP contribution < -0.4 is 0 Å². The van der Waals surface area contributed by atoms with Gasteiger partial charge in [0.15, 0.2) is 4.91 Å². The van der Waals surface area contributed by atoms with E-state index in [9.17, 15) is 18.0 Å². The normalized spacial score (nSPS) is 12.9. The summed E-state index contributed by atoms with van der Waals surface area (Å²) in [7, 11) is -5.08. The van der Waals surface area contributed by atoms with Crippen molar-refractivity contribution in [1.82, 2.24) is 0 Å². The van der Waals surface area contributed by atoms with Crippen molar-refractivity contribution in [3.05, 3.63) is 23.1 Å². The minimum Gasteiger partial charge on any atom is -0.478 e. The van der Waals surface area contributed by atoms with E-state index in [1.807, 2.05) is 0 Å². The number of hydrogen-bond acceptors (Lipinski definition) is 4. The number of carboxylic acid groups (broad SMARTS) is 2. The number of allylic oxidation sites excluding steroid dienone is 1. The number of hydrogen-bond donors (Lipinski definition) is 3. The molecule has 0 fully saturated rings. The molecule has 15 heavy (non-hydrogen) atoms. The highest BCUT2D eigenvalue weighted by Crippen LogP contribution is 2.15. The third-order valence-electron chi connectivity index (χ3n) is 1.33. The lowest BCUT2D eigenvalue weighted by atomic mass is 10.2. The zero-order chi connectivity index (χ0) is 12.2. The summed E-state index contributed by atoms with van der Waals surface area (Å²) in [5.74, 6) is -3.78. The van der Waals surface area contributed by atoms with E-state index < -0.39 is 39.0 Å². The van der Waals surface area contributed by atoms with Crippen molar-refractivity contribution in [2.75, 3.05) is 0 Å². The second-order valence-electron chi connectivity index (χ2n) is 2.39. The van der Waals surface area contributed by atoms with Crippen molar-refractivity contribution in [2.24, 2.45) is 0 Å². The van der Waals surface area contributed by atoms with Gasteiger partial charge in [-0.25, -0.2) is 9.59 Å². The smallest absolute Gasteiger partial charge is 0.350 e. The molecule has 0 spiro atoms. The Morgan fingerprint density at radius 3 is 1.87 bits per heavy atom. The van der Waals surface area contributed by atoms with Gasteiger partial charge in [0, 0.05) is 0 Å². The summed E-state index contributed by atoms with van der Waals surface area (Å²) in [5, 5.41) is 17.0. The molecule has 0 atom stereocenters. The molecular weight excluding hydrogens is 228 g/mol. The van der Waals surface area contributed by atoms with Gasteiger partial charge < -0.3 is 10.2 Å². The van der Waals surface area contributed by atoms with Crippen molar-refractivity contribution in [2.45, 2.75) is 6.42 Å². The summed E-state index contributed by atoms with van der Waals surface area (Å²) in [6.45, 7) is 3.14. The van der Waals surface area contributed by atoms with Crippen molar-refractivity contribution in [1.29, 1.82) is 0 Å². The first-order valence-electron chi connectivity index (χ1n) is 3.50. The third kappa shape index (κ3) is 3.52. The Morgan fingerprint density at radius 1 is 1.20 bits per heavy atom. The molecule has 0 rings (SSSR count). The van der Waals surface area contributed by atoms with E-state index in [1.54, 1.807) is 0 Å². The number of carboxylic acids is 2. The lowest BCUT2D eigenvalue weighted by Crippen LogP contribution is -2.18. The minimum absolute atomic E-state index is 0.489. The van der Waals surface area contributed by atoms with Gasteiger partial charge in [-0.15, -0.1) is 6.58 Å². The molecule has 0 saturated heterocycles. The first kappa shape index (κ1) is 13.3. The van der Waals surface area contributed by atoms with E-state index in [4.69, 9.17) is 14.8 Å². The van der Waals surface area contributed by atoms with Crippen LogP contribution in [0, 0.1) is 0 Å². The molecule has 0 aliphatic heterocycles. The van der Waals surface area contributed by atoms with Crippen LogP contribution in [0.3, 0.4) is 0 Å². The highest BCUT2D eigenvalue weighted by molar-refractivity contribution is 7.90. The Bertz CT molecular complexity index is 428. The van der Waals surface area contributed by atoms with Crippen LogP contribution >= 0.6 is 0 Å². The van der Waals surface area contributed by atoms with Gasteiger partial charge in [-0.3, -0.25) is 4.55 Å².